The van der Waals surface area contributed by atoms with Gasteiger partial charge in [0.15, 0.2) is 0 Å². The second kappa shape index (κ2) is 7.11. The van der Waals surface area contributed by atoms with Gasteiger partial charge >= 0.3 is 5.97 Å². The number of halogens is 1. The molecular weight excluding hydrogens is 268 g/mol. The van der Waals surface area contributed by atoms with Crippen LogP contribution in [0.4, 0.5) is 5.69 Å². The highest BCUT2D eigenvalue weighted by Crippen LogP contribution is 2.24. The lowest BCUT2D eigenvalue weighted by atomic mass is 10.0. The Bertz CT molecular complexity index is 477. The highest BCUT2D eigenvalue weighted by atomic mass is 35.5. The van der Waals surface area contributed by atoms with E-state index in [2.05, 4.69) is 5.32 Å². The van der Waals surface area contributed by atoms with E-state index in [0.29, 0.717) is 17.1 Å². The number of carboxylic acid groups (broad SMARTS) is 1. The van der Waals surface area contributed by atoms with E-state index in [0.717, 1.165) is 6.42 Å². The maximum Gasteiger partial charge on any atom is 0.335 e. The molecule has 0 radical (unpaired) electrons. The molecule has 0 aromatic heterocycles. The highest BCUT2D eigenvalue weighted by molar-refractivity contribution is 6.33. The fraction of sp³-hybridized carbons (Fsp3) is 0.385. The van der Waals surface area contributed by atoms with Gasteiger partial charge in [-0.3, -0.25) is 4.79 Å². The van der Waals surface area contributed by atoms with E-state index >= 15 is 0 Å². The fourth-order valence-electron chi connectivity index (χ4n) is 1.69. The number of carbonyl (C=O) groups is 2. The summed E-state index contributed by atoms with van der Waals surface area (Å²) in [4.78, 5) is 22.8. The average molecular weight is 285 g/mol. The van der Waals surface area contributed by atoms with Crippen molar-refractivity contribution in [2.24, 2.45) is 11.7 Å². The maximum absolute atomic E-state index is 12.0. The van der Waals surface area contributed by atoms with Crippen LogP contribution in [0.5, 0.6) is 0 Å². The van der Waals surface area contributed by atoms with E-state index in [-0.39, 0.29) is 23.9 Å². The van der Waals surface area contributed by atoms with E-state index in [4.69, 9.17) is 22.4 Å². The van der Waals surface area contributed by atoms with Crippen LogP contribution < -0.4 is 11.1 Å². The third-order valence-corrected chi connectivity index (χ3v) is 3.09. The van der Waals surface area contributed by atoms with Crippen LogP contribution in [0.1, 0.15) is 30.1 Å². The lowest BCUT2D eigenvalue weighted by molar-refractivity contribution is -0.119. The average Bonchev–Trinajstić information content (AvgIpc) is 2.38. The number of carbonyl (C=O) groups excluding carboxylic acids is 1. The number of aromatic carboxylic acids is 1. The van der Waals surface area contributed by atoms with Gasteiger partial charge in [-0.25, -0.2) is 4.79 Å². The number of anilines is 1. The van der Waals surface area contributed by atoms with Crippen LogP contribution in [0.15, 0.2) is 18.2 Å². The molecule has 19 heavy (non-hydrogen) atoms. The van der Waals surface area contributed by atoms with Crippen LogP contribution in [0, 0.1) is 5.92 Å². The van der Waals surface area contributed by atoms with Gasteiger partial charge in [-0.2, -0.15) is 0 Å². The van der Waals surface area contributed by atoms with Gasteiger partial charge in [0.05, 0.1) is 22.2 Å². The molecule has 1 aromatic rings. The standard InChI is InChI=1S/C13H17ClN2O3/c1-2-3-9(7-15)12(17)16-11-6-8(13(18)19)4-5-10(11)14/h4-6,9H,2-3,7,15H2,1H3,(H,16,17)(H,18,19). The molecule has 1 rings (SSSR count). The summed E-state index contributed by atoms with van der Waals surface area (Å²) in [5.41, 5.74) is 5.90. The van der Waals surface area contributed by atoms with Crippen molar-refractivity contribution in [2.45, 2.75) is 19.8 Å². The van der Waals surface area contributed by atoms with E-state index in [1.165, 1.54) is 18.2 Å². The molecule has 0 aliphatic carbocycles. The molecule has 4 N–H and O–H groups in total. The lowest BCUT2D eigenvalue weighted by Gasteiger charge is -2.15. The quantitative estimate of drug-likeness (QED) is 0.747. The minimum absolute atomic E-state index is 0.0690. The zero-order valence-electron chi connectivity index (χ0n) is 10.6. The number of hydrogen-bond acceptors (Lipinski definition) is 3. The number of rotatable bonds is 6. The van der Waals surface area contributed by atoms with Crippen LogP contribution in [-0.2, 0) is 4.79 Å². The summed E-state index contributed by atoms with van der Waals surface area (Å²) in [6, 6.07) is 4.16. The molecule has 1 amide bonds. The number of carboxylic acids is 1. The van der Waals surface area contributed by atoms with E-state index in [9.17, 15) is 9.59 Å². The van der Waals surface area contributed by atoms with Crippen molar-refractivity contribution >= 4 is 29.2 Å². The van der Waals surface area contributed by atoms with Crippen molar-refractivity contribution in [2.75, 3.05) is 11.9 Å². The van der Waals surface area contributed by atoms with Crippen LogP contribution in [0.2, 0.25) is 5.02 Å². The van der Waals surface area contributed by atoms with Gasteiger partial charge in [-0.1, -0.05) is 24.9 Å². The van der Waals surface area contributed by atoms with Crippen LogP contribution in [0.25, 0.3) is 0 Å². The molecule has 5 nitrogen and oxygen atoms in total. The van der Waals surface area contributed by atoms with Crippen molar-refractivity contribution < 1.29 is 14.7 Å². The van der Waals surface area contributed by atoms with Crippen molar-refractivity contribution in [3.63, 3.8) is 0 Å². The predicted octanol–water partition coefficient (Wildman–Crippen LogP) is 2.35. The highest BCUT2D eigenvalue weighted by Gasteiger charge is 2.17. The van der Waals surface area contributed by atoms with E-state index in [1.54, 1.807) is 0 Å². The van der Waals surface area contributed by atoms with Crippen LogP contribution >= 0.6 is 11.6 Å². The number of amides is 1. The molecular formula is C13H17ClN2O3. The van der Waals surface area contributed by atoms with E-state index < -0.39 is 5.97 Å². The molecule has 1 atom stereocenters. The second-order valence-corrected chi connectivity index (χ2v) is 4.62. The second-order valence-electron chi connectivity index (χ2n) is 4.21. The lowest BCUT2D eigenvalue weighted by Crippen LogP contribution is -2.29. The molecule has 0 saturated heterocycles. The Morgan fingerprint density at radius 1 is 1.47 bits per heavy atom. The third kappa shape index (κ3) is 4.22. The molecule has 0 spiro atoms. The Kier molecular flexibility index (Phi) is 5.79. The first-order valence-electron chi connectivity index (χ1n) is 6.03. The Morgan fingerprint density at radius 2 is 2.16 bits per heavy atom. The predicted molar refractivity (Wildman–Crippen MR) is 74.5 cm³/mol. The zero-order valence-corrected chi connectivity index (χ0v) is 11.4. The summed E-state index contributed by atoms with van der Waals surface area (Å²) < 4.78 is 0. The normalized spacial score (nSPS) is 11.9. The molecule has 1 aromatic carbocycles. The molecule has 6 heteroatoms. The molecule has 104 valence electrons. The van der Waals surface area contributed by atoms with Gasteiger partial charge in [0.1, 0.15) is 0 Å². The smallest absolute Gasteiger partial charge is 0.335 e. The molecule has 0 heterocycles. The summed E-state index contributed by atoms with van der Waals surface area (Å²) in [5, 5.41) is 11.8. The summed E-state index contributed by atoms with van der Waals surface area (Å²) >= 11 is 5.93. The van der Waals surface area contributed by atoms with Gasteiger partial charge < -0.3 is 16.2 Å². The van der Waals surface area contributed by atoms with Crippen LogP contribution in [-0.4, -0.2) is 23.5 Å². The monoisotopic (exact) mass is 284 g/mol. The minimum atomic E-state index is -1.07. The summed E-state index contributed by atoms with van der Waals surface area (Å²) in [7, 11) is 0. The molecule has 0 aliphatic heterocycles. The minimum Gasteiger partial charge on any atom is -0.478 e. The number of benzene rings is 1. The zero-order chi connectivity index (χ0) is 14.4. The van der Waals surface area contributed by atoms with Gasteiger partial charge in [0.25, 0.3) is 0 Å². The Morgan fingerprint density at radius 3 is 2.68 bits per heavy atom. The van der Waals surface area contributed by atoms with E-state index in [1.807, 2.05) is 6.92 Å². The SMILES string of the molecule is CCCC(CN)C(=O)Nc1cc(C(=O)O)ccc1Cl. The number of hydrogen-bond donors (Lipinski definition) is 3. The van der Waals surface area contributed by atoms with Crippen molar-refractivity contribution in [1.29, 1.82) is 0 Å². The molecule has 0 saturated carbocycles. The van der Waals surface area contributed by atoms with Gasteiger partial charge in [-0.15, -0.1) is 0 Å². The third-order valence-electron chi connectivity index (χ3n) is 2.76. The summed E-state index contributed by atoms with van der Waals surface area (Å²) in [6.07, 6.45) is 1.52. The Labute approximate surface area is 116 Å². The number of nitrogens with two attached hydrogens (primary N) is 1. The van der Waals surface area contributed by atoms with Gasteiger partial charge in [-0.05, 0) is 24.6 Å². The van der Waals surface area contributed by atoms with Crippen molar-refractivity contribution in [3.8, 4) is 0 Å². The summed E-state index contributed by atoms with van der Waals surface area (Å²) in [6.45, 7) is 2.21. The topological polar surface area (TPSA) is 92.4 Å². The van der Waals surface area contributed by atoms with Crippen LogP contribution in [0.3, 0.4) is 0 Å². The molecule has 0 fully saturated rings. The first kappa shape index (κ1) is 15.5. The Hall–Kier alpha value is -1.59. The van der Waals surface area contributed by atoms with Gasteiger partial charge in [0, 0.05) is 6.54 Å². The maximum atomic E-state index is 12.0. The molecule has 1 unspecified atom stereocenters. The summed E-state index contributed by atoms with van der Waals surface area (Å²) in [5.74, 6) is -1.61. The largest absolute Gasteiger partial charge is 0.478 e. The van der Waals surface area contributed by atoms with Gasteiger partial charge in [0.2, 0.25) is 5.91 Å². The van der Waals surface area contributed by atoms with Crippen molar-refractivity contribution in [1.82, 2.24) is 0 Å². The fourth-order valence-corrected chi connectivity index (χ4v) is 1.86. The molecule has 0 bridgehead atoms. The first-order valence-corrected chi connectivity index (χ1v) is 6.41. The van der Waals surface area contributed by atoms with Crippen molar-refractivity contribution in [3.05, 3.63) is 28.8 Å². The number of nitrogens with one attached hydrogen (secondary N) is 1. The molecule has 0 aliphatic rings. The first-order chi connectivity index (χ1) is 8.99. The Balaban J connectivity index is 2.89.